The number of Topliss-reactive ketones (excluding diaryl/α,β-unsaturated/α-hetero) is 1. The predicted molar refractivity (Wildman–Crippen MR) is 95.4 cm³/mol. The average molecular weight is 334 g/mol. The smallest absolute Gasteiger partial charge is 0.221 e. The van der Waals surface area contributed by atoms with Gasteiger partial charge in [0.25, 0.3) is 0 Å². The van der Waals surface area contributed by atoms with Crippen molar-refractivity contribution in [2.45, 2.75) is 58.3 Å². The topological polar surface area (TPSA) is 60.4 Å². The molecule has 1 fully saturated rings. The summed E-state index contributed by atoms with van der Waals surface area (Å²) in [6, 6.07) is 3.78. The molecule has 23 heavy (non-hydrogen) atoms. The molecule has 2 rings (SSSR count). The predicted octanol–water partition coefficient (Wildman–Crippen LogP) is 3.92. The lowest BCUT2D eigenvalue weighted by molar-refractivity contribution is -0.115. The standard InChI is InChI=1S/C19H26O3S/c1-11-16(20)13(10-23(11)22)12-8-14(18(2,3)4)17(21)15(9-12)19(5,6)7/h8-9,13,21H,1,10H2,2-7H3. The van der Waals surface area contributed by atoms with Gasteiger partial charge in [0.2, 0.25) is 5.78 Å². The van der Waals surface area contributed by atoms with E-state index in [9.17, 15) is 14.5 Å². The molecule has 1 aromatic rings. The average Bonchev–Trinajstić information content (AvgIpc) is 2.64. The number of rotatable bonds is 1. The van der Waals surface area contributed by atoms with Crippen LogP contribution in [0.25, 0.3) is 0 Å². The van der Waals surface area contributed by atoms with E-state index < -0.39 is 17.1 Å². The zero-order valence-electron chi connectivity index (χ0n) is 14.8. The Kier molecular flexibility index (Phi) is 4.46. The minimum atomic E-state index is -1.30. The van der Waals surface area contributed by atoms with E-state index in [1.54, 1.807) is 0 Å². The van der Waals surface area contributed by atoms with Gasteiger partial charge in [-0.05, 0) is 45.3 Å². The van der Waals surface area contributed by atoms with E-state index in [1.807, 2.05) is 53.7 Å². The number of hydrogen-bond donors (Lipinski definition) is 1. The summed E-state index contributed by atoms with van der Waals surface area (Å²) in [6.07, 6.45) is 0. The molecular weight excluding hydrogens is 308 g/mol. The van der Waals surface area contributed by atoms with E-state index in [-0.39, 0.29) is 27.3 Å². The van der Waals surface area contributed by atoms with Gasteiger partial charge in [-0.1, -0.05) is 53.7 Å². The number of carbonyl (C=O) groups is 1. The van der Waals surface area contributed by atoms with Gasteiger partial charge in [0.1, 0.15) is 11.5 Å². The summed E-state index contributed by atoms with van der Waals surface area (Å²) in [5, 5.41) is 10.7. The lowest BCUT2D eigenvalue weighted by Crippen LogP contribution is -2.19. The molecule has 0 spiro atoms. The summed E-state index contributed by atoms with van der Waals surface area (Å²) in [5.41, 5.74) is 1.96. The molecule has 0 aliphatic carbocycles. The SMILES string of the molecule is C=C1C(=O)C(c2cc(C(C)(C)C)c(O)c(C(C)(C)C)c2)C[S+]1[O-]. The summed E-state index contributed by atoms with van der Waals surface area (Å²) in [5.74, 6) is 0.00862. The first kappa shape index (κ1) is 18.1. The van der Waals surface area contributed by atoms with Gasteiger partial charge in [0.05, 0.1) is 5.92 Å². The number of carbonyl (C=O) groups excluding carboxylic acids is 1. The Hall–Kier alpha value is -1.26. The van der Waals surface area contributed by atoms with Crippen molar-refractivity contribution in [3.8, 4) is 5.75 Å². The summed E-state index contributed by atoms with van der Waals surface area (Å²) in [7, 11) is 0. The molecule has 126 valence electrons. The van der Waals surface area contributed by atoms with Crippen LogP contribution >= 0.6 is 0 Å². The Morgan fingerprint density at radius 2 is 1.57 bits per heavy atom. The monoisotopic (exact) mass is 334 g/mol. The Bertz CT molecular complexity index is 627. The maximum absolute atomic E-state index is 12.4. The molecule has 2 unspecified atom stereocenters. The Balaban J connectivity index is 2.66. The van der Waals surface area contributed by atoms with Crippen molar-refractivity contribution in [2.24, 2.45) is 0 Å². The Labute approximate surface area is 142 Å². The van der Waals surface area contributed by atoms with Gasteiger partial charge in [-0.25, -0.2) is 0 Å². The first-order valence-corrected chi connectivity index (χ1v) is 9.15. The van der Waals surface area contributed by atoms with Gasteiger partial charge >= 0.3 is 0 Å². The molecule has 1 N–H and O–H groups in total. The zero-order chi connectivity index (χ0) is 17.7. The van der Waals surface area contributed by atoms with Crippen LogP contribution in [-0.4, -0.2) is 21.2 Å². The highest BCUT2D eigenvalue weighted by Gasteiger charge is 2.42. The lowest BCUT2D eigenvalue weighted by Gasteiger charge is -2.28. The van der Waals surface area contributed by atoms with E-state index in [2.05, 4.69) is 6.58 Å². The van der Waals surface area contributed by atoms with Crippen LogP contribution in [0.15, 0.2) is 23.6 Å². The molecule has 0 aromatic heterocycles. The van der Waals surface area contributed by atoms with Crippen LogP contribution in [0, 0.1) is 0 Å². The molecule has 1 aromatic carbocycles. The lowest BCUT2D eigenvalue weighted by atomic mass is 9.77. The molecule has 4 heteroatoms. The van der Waals surface area contributed by atoms with Crippen LogP contribution in [0.3, 0.4) is 0 Å². The molecule has 1 heterocycles. The number of benzene rings is 1. The Morgan fingerprint density at radius 1 is 1.13 bits per heavy atom. The highest BCUT2D eigenvalue weighted by molar-refractivity contribution is 7.96. The van der Waals surface area contributed by atoms with Crippen LogP contribution in [-0.2, 0) is 26.8 Å². The van der Waals surface area contributed by atoms with Crippen LogP contribution < -0.4 is 0 Å². The summed E-state index contributed by atoms with van der Waals surface area (Å²) in [6.45, 7) is 15.9. The molecule has 0 saturated carbocycles. The van der Waals surface area contributed by atoms with Crippen molar-refractivity contribution in [3.05, 3.63) is 40.3 Å². The number of ketones is 1. The molecule has 0 amide bonds. The van der Waals surface area contributed by atoms with Crippen LogP contribution in [0.1, 0.15) is 64.2 Å². The molecule has 0 radical (unpaired) electrons. The van der Waals surface area contributed by atoms with E-state index >= 15 is 0 Å². The minimum absolute atomic E-state index is 0.145. The maximum Gasteiger partial charge on any atom is 0.221 e. The second kappa shape index (κ2) is 5.67. The molecule has 2 atom stereocenters. The summed E-state index contributed by atoms with van der Waals surface area (Å²) in [4.78, 5) is 12.6. The van der Waals surface area contributed by atoms with Crippen molar-refractivity contribution in [1.29, 1.82) is 0 Å². The molecular formula is C19H26O3S. The van der Waals surface area contributed by atoms with Crippen molar-refractivity contribution in [3.63, 3.8) is 0 Å². The van der Waals surface area contributed by atoms with Crippen molar-refractivity contribution in [1.82, 2.24) is 0 Å². The normalized spacial score (nSPS) is 22.7. The number of allylic oxidation sites excluding steroid dienone is 1. The highest BCUT2D eigenvalue weighted by atomic mass is 32.2. The van der Waals surface area contributed by atoms with Crippen LogP contribution in [0.5, 0.6) is 5.75 Å². The van der Waals surface area contributed by atoms with Gasteiger partial charge < -0.3 is 9.66 Å². The molecule has 0 bridgehead atoms. The molecule has 1 saturated heterocycles. The van der Waals surface area contributed by atoms with E-state index in [1.165, 1.54) is 0 Å². The summed E-state index contributed by atoms with van der Waals surface area (Å²) < 4.78 is 11.9. The van der Waals surface area contributed by atoms with Crippen LogP contribution in [0.2, 0.25) is 0 Å². The third-order valence-electron chi connectivity index (χ3n) is 4.33. The fourth-order valence-corrected chi connectivity index (χ4v) is 4.10. The number of aromatic hydroxyl groups is 1. The van der Waals surface area contributed by atoms with E-state index in [0.717, 1.165) is 16.7 Å². The fraction of sp³-hybridized carbons (Fsp3) is 0.526. The first-order chi connectivity index (χ1) is 10.3. The number of phenols is 1. The second-order valence-electron chi connectivity index (χ2n) is 8.32. The van der Waals surface area contributed by atoms with Gasteiger partial charge in [0, 0.05) is 0 Å². The first-order valence-electron chi connectivity index (χ1n) is 7.83. The highest BCUT2D eigenvalue weighted by Crippen LogP contribution is 2.43. The van der Waals surface area contributed by atoms with Crippen molar-refractivity contribution in [2.75, 3.05) is 5.75 Å². The molecule has 1 aliphatic heterocycles. The molecule has 3 nitrogen and oxygen atoms in total. The second-order valence-corrected chi connectivity index (χ2v) is 9.83. The van der Waals surface area contributed by atoms with Gasteiger partial charge in [-0.3, -0.25) is 4.79 Å². The van der Waals surface area contributed by atoms with E-state index in [0.29, 0.717) is 5.75 Å². The quantitative estimate of drug-likeness (QED) is 0.625. The largest absolute Gasteiger partial charge is 0.611 e. The number of hydrogen-bond acceptors (Lipinski definition) is 3. The third-order valence-corrected chi connectivity index (χ3v) is 5.72. The third kappa shape index (κ3) is 3.33. The number of phenolic OH excluding ortho intramolecular Hbond substituents is 1. The van der Waals surface area contributed by atoms with Gasteiger partial charge in [0.15, 0.2) is 4.91 Å². The minimum Gasteiger partial charge on any atom is -0.611 e. The zero-order valence-corrected chi connectivity index (χ0v) is 15.6. The van der Waals surface area contributed by atoms with Crippen molar-refractivity contribution < 1.29 is 14.5 Å². The van der Waals surface area contributed by atoms with Crippen molar-refractivity contribution >= 4 is 17.0 Å². The van der Waals surface area contributed by atoms with Gasteiger partial charge in [-0.2, -0.15) is 0 Å². The maximum atomic E-state index is 12.4. The van der Waals surface area contributed by atoms with Crippen LogP contribution in [0.4, 0.5) is 0 Å². The fourth-order valence-electron chi connectivity index (χ4n) is 2.88. The molecule has 1 aliphatic rings. The Morgan fingerprint density at radius 3 is 1.87 bits per heavy atom. The summed E-state index contributed by atoms with van der Waals surface area (Å²) >= 11 is -1.30. The van der Waals surface area contributed by atoms with E-state index in [4.69, 9.17) is 0 Å². The van der Waals surface area contributed by atoms with Gasteiger partial charge in [-0.15, -0.1) is 0 Å².